The van der Waals surface area contributed by atoms with E-state index in [1.165, 1.54) is 0 Å². The minimum absolute atomic E-state index is 0.0183. The number of hydrogen-bond donors (Lipinski definition) is 1. The van der Waals surface area contributed by atoms with Crippen molar-refractivity contribution in [3.8, 4) is 0 Å². The van der Waals surface area contributed by atoms with E-state index in [0.29, 0.717) is 0 Å². The van der Waals surface area contributed by atoms with Crippen LogP contribution in [0.3, 0.4) is 0 Å². The first-order chi connectivity index (χ1) is 7.70. The Morgan fingerprint density at radius 3 is 3.00 bits per heavy atom. The van der Waals surface area contributed by atoms with E-state index in [-0.39, 0.29) is 6.04 Å². The van der Waals surface area contributed by atoms with Gasteiger partial charge >= 0.3 is 0 Å². The third-order valence-electron chi connectivity index (χ3n) is 2.60. The van der Waals surface area contributed by atoms with Crippen LogP contribution in [0.2, 0.25) is 0 Å². The number of thiazole rings is 1. The fourth-order valence-electron chi connectivity index (χ4n) is 1.81. The molecule has 0 aliphatic rings. The van der Waals surface area contributed by atoms with Crippen molar-refractivity contribution in [2.24, 2.45) is 5.73 Å². The molecule has 16 heavy (non-hydrogen) atoms. The maximum atomic E-state index is 6.16. The Bertz CT molecular complexity index is 461. The van der Waals surface area contributed by atoms with E-state index >= 15 is 0 Å². The zero-order chi connectivity index (χ0) is 11.5. The van der Waals surface area contributed by atoms with Gasteiger partial charge in [0.25, 0.3) is 0 Å². The maximum absolute atomic E-state index is 6.16. The van der Waals surface area contributed by atoms with Crippen LogP contribution < -0.4 is 5.73 Å². The van der Waals surface area contributed by atoms with Crippen molar-refractivity contribution in [2.75, 3.05) is 0 Å². The molecule has 3 nitrogen and oxygen atoms in total. The summed E-state index contributed by atoms with van der Waals surface area (Å²) in [6.45, 7) is 4.08. The summed E-state index contributed by atoms with van der Waals surface area (Å²) in [4.78, 5) is 4.42. The van der Waals surface area contributed by atoms with Crippen LogP contribution in [0.15, 0.2) is 22.1 Å². The molecule has 0 aromatic carbocycles. The molecule has 0 aliphatic carbocycles. The second-order valence-corrected chi connectivity index (χ2v) is 4.88. The van der Waals surface area contributed by atoms with Crippen LogP contribution in [0.4, 0.5) is 0 Å². The van der Waals surface area contributed by atoms with E-state index in [1.807, 2.05) is 13.0 Å². The quantitative estimate of drug-likeness (QED) is 0.888. The average Bonchev–Trinajstić information content (AvgIpc) is 2.86. The van der Waals surface area contributed by atoms with Gasteiger partial charge in [-0.15, -0.1) is 11.3 Å². The maximum Gasteiger partial charge on any atom is 0.108 e. The molecule has 0 amide bonds. The fraction of sp³-hybridized carbons (Fsp3) is 0.417. The van der Waals surface area contributed by atoms with E-state index in [9.17, 15) is 0 Å². The summed E-state index contributed by atoms with van der Waals surface area (Å²) in [6, 6.07) is 1.94. The minimum atomic E-state index is -0.0183. The molecule has 2 heterocycles. The van der Waals surface area contributed by atoms with Gasteiger partial charge in [-0.05, 0) is 13.0 Å². The number of aromatic nitrogens is 1. The van der Waals surface area contributed by atoms with Gasteiger partial charge in [0.1, 0.15) is 5.76 Å². The molecule has 0 fully saturated rings. The van der Waals surface area contributed by atoms with E-state index < -0.39 is 0 Å². The molecule has 86 valence electrons. The van der Waals surface area contributed by atoms with Crippen LogP contribution in [0.25, 0.3) is 0 Å². The Balaban J connectivity index is 2.11. The first-order valence-corrected chi connectivity index (χ1v) is 6.31. The summed E-state index contributed by atoms with van der Waals surface area (Å²) in [7, 11) is 0. The number of aryl methyl sites for hydroxylation is 2. The highest BCUT2D eigenvalue weighted by Crippen LogP contribution is 2.22. The van der Waals surface area contributed by atoms with Crippen molar-refractivity contribution in [2.45, 2.75) is 32.7 Å². The third-order valence-corrected chi connectivity index (χ3v) is 3.42. The highest BCUT2D eigenvalue weighted by atomic mass is 32.1. The second-order valence-electron chi connectivity index (χ2n) is 3.82. The molecule has 2 N–H and O–H groups in total. The van der Waals surface area contributed by atoms with Gasteiger partial charge in [-0.1, -0.05) is 6.92 Å². The first kappa shape index (κ1) is 11.4. The van der Waals surface area contributed by atoms with E-state index in [0.717, 1.165) is 34.9 Å². The van der Waals surface area contributed by atoms with Crippen molar-refractivity contribution in [1.82, 2.24) is 4.98 Å². The van der Waals surface area contributed by atoms with Gasteiger partial charge in [0.15, 0.2) is 0 Å². The Hall–Kier alpha value is -1.13. The molecule has 0 saturated heterocycles. The van der Waals surface area contributed by atoms with Crippen molar-refractivity contribution < 1.29 is 4.42 Å². The Morgan fingerprint density at radius 1 is 1.56 bits per heavy atom. The van der Waals surface area contributed by atoms with Crippen molar-refractivity contribution in [1.29, 1.82) is 0 Å². The Morgan fingerprint density at radius 2 is 2.38 bits per heavy atom. The molecule has 0 aliphatic heterocycles. The summed E-state index contributed by atoms with van der Waals surface area (Å²) in [5.41, 5.74) is 8.33. The number of furan rings is 1. The highest BCUT2D eigenvalue weighted by Gasteiger charge is 2.14. The predicted octanol–water partition coefficient (Wildman–Crippen LogP) is 2.85. The topological polar surface area (TPSA) is 52.0 Å². The van der Waals surface area contributed by atoms with Crippen LogP contribution in [0, 0.1) is 6.92 Å². The Kier molecular flexibility index (Phi) is 3.41. The number of nitrogens with zero attached hydrogens (tertiary/aromatic N) is 1. The third kappa shape index (κ3) is 2.33. The second kappa shape index (κ2) is 4.80. The highest BCUT2D eigenvalue weighted by molar-refractivity contribution is 7.09. The molecule has 0 saturated carbocycles. The monoisotopic (exact) mass is 236 g/mol. The molecular weight excluding hydrogens is 220 g/mol. The largest absolute Gasteiger partial charge is 0.469 e. The van der Waals surface area contributed by atoms with Gasteiger partial charge < -0.3 is 10.2 Å². The first-order valence-electron chi connectivity index (χ1n) is 5.43. The summed E-state index contributed by atoms with van der Waals surface area (Å²) >= 11 is 1.66. The zero-order valence-electron chi connectivity index (χ0n) is 9.56. The number of hydrogen-bond acceptors (Lipinski definition) is 4. The van der Waals surface area contributed by atoms with E-state index in [2.05, 4.69) is 17.3 Å². The van der Waals surface area contributed by atoms with Gasteiger partial charge in [0, 0.05) is 29.8 Å². The van der Waals surface area contributed by atoms with Crippen LogP contribution in [0.1, 0.15) is 35.0 Å². The normalized spacial score (nSPS) is 12.9. The van der Waals surface area contributed by atoms with E-state index in [1.54, 1.807) is 17.6 Å². The van der Waals surface area contributed by atoms with Gasteiger partial charge in [-0.2, -0.15) is 0 Å². The average molecular weight is 236 g/mol. The van der Waals surface area contributed by atoms with Crippen molar-refractivity contribution >= 4 is 11.3 Å². The summed E-state index contributed by atoms with van der Waals surface area (Å²) in [5.74, 6) is 0.986. The molecule has 2 aromatic heterocycles. The lowest BCUT2D eigenvalue weighted by atomic mass is 10.0. The lowest BCUT2D eigenvalue weighted by Gasteiger charge is -2.09. The molecule has 2 aromatic rings. The zero-order valence-corrected chi connectivity index (χ0v) is 10.4. The minimum Gasteiger partial charge on any atom is -0.469 e. The lowest BCUT2D eigenvalue weighted by molar-refractivity contribution is 0.505. The number of nitrogens with two attached hydrogens (primary N) is 1. The molecule has 4 heteroatoms. The molecule has 0 spiro atoms. The molecule has 0 radical (unpaired) electrons. The van der Waals surface area contributed by atoms with Crippen molar-refractivity contribution in [3.05, 3.63) is 39.7 Å². The number of rotatable bonds is 4. The SMILES string of the molecule is CCc1occc1C(N)Cc1csc(C)n1. The smallest absolute Gasteiger partial charge is 0.108 e. The van der Waals surface area contributed by atoms with Gasteiger partial charge in [-0.3, -0.25) is 0 Å². The summed E-state index contributed by atoms with van der Waals surface area (Å²) in [6.07, 6.45) is 3.36. The van der Waals surface area contributed by atoms with E-state index in [4.69, 9.17) is 10.2 Å². The fourth-order valence-corrected chi connectivity index (χ4v) is 2.43. The molecule has 2 rings (SSSR count). The standard InChI is InChI=1S/C12H16N2OS/c1-3-12-10(4-5-15-12)11(13)6-9-7-16-8(2)14-9/h4-5,7,11H,3,6,13H2,1-2H3. The molecular formula is C12H16N2OS. The molecule has 0 bridgehead atoms. The lowest BCUT2D eigenvalue weighted by Crippen LogP contribution is -2.14. The van der Waals surface area contributed by atoms with Gasteiger partial charge in [0.05, 0.1) is 17.0 Å². The Labute approximate surface area is 99.3 Å². The van der Waals surface area contributed by atoms with Crippen molar-refractivity contribution in [3.63, 3.8) is 0 Å². The predicted molar refractivity (Wildman–Crippen MR) is 65.6 cm³/mol. The van der Waals surface area contributed by atoms with Crippen LogP contribution in [-0.2, 0) is 12.8 Å². The summed E-state index contributed by atoms with van der Waals surface area (Å²) < 4.78 is 5.38. The van der Waals surface area contributed by atoms with Crippen LogP contribution in [-0.4, -0.2) is 4.98 Å². The van der Waals surface area contributed by atoms with Gasteiger partial charge in [0.2, 0.25) is 0 Å². The van der Waals surface area contributed by atoms with Gasteiger partial charge in [-0.25, -0.2) is 4.98 Å². The van der Waals surface area contributed by atoms with Crippen LogP contribution >= 0.6 is 11.3 Å². The molecule has 1 atom stereocenters. The summed E-state index contributed by atoms with van der Waals surface area (Å²) in [5, 5.41) is 3.16. The molecule has 1 unspecified atom stereocenters. The van der Waals surface area contributed by atoms with Crippen LogP contribution in [0.5, 0.6) is 0 Å².